The van der Waals surface area contributed by atoms with E-state index in [2.05, 4.69) is 62.2 Å². The Morgan fingerprint density at radius 2 is 1.44 bits per heavy atom. The highest BCUT2D eigenvalue weighted by Gasteiger charge is 2.10. The second kappa shape index (κ2) is 14.6. The number of nitrogens with one attached hydrogen (secondary N) is 1. The van der Waals surface area contributed by atoms with E-state index < -0.39 is 0 Å². The zero-order valence-corrected chi connectivity index (χ0v) is 22.2. The van der Waals surface area contributed by atoms with E-state index in [1.54, 1.807) is 12.1 Å². The molecule has 0 bridgehead atoms. The fraction of sp³-hybridized carbons (Fsp3) is 0.250. The number of carbonyl (C=O) groups is 1. The summed E-state index contributed by atoms with van der Waals surface area (Å²) in [6, 6.07) is 23.7. The largest absolute Gasteiger partial charge is 0.360 e. The van der Waals surface area contributed by atoms with Crippen LogP contribution < -0.4 is 0 Å². The Morgan fingerprint density at radius 1 is 0.861 bits per heavy atom. The number of pyridine rings is 1. The summed E-state index contributed by atoms with van der Waals surface area (Å²) in [6.07, 6.45) is 4.93. The van der Waals surface area contributed by atoms with Crippen LogP contribution in [0.1, 0.15) is 51.3 Å². The van der Waals surface area contributed by atoms with Gasteiger partial charge in [0.1, 0.15) is 12.1 Å². The number of aromatic nitrogens is 2. The van der Waals surface area contributed by atoms with Crippen molar-refractivity contribution in [3.8, 4) is 11.3 Å². The average Bonchev–Trinajstić information content (AvgIpc) is 3.34. The zero-order valence-electron chi connectivity index (χ0n) is 22.2. The first-order valence-corrected chi connectivity index (χ1v) is 12.6. The normalized spacial score (nSPS) is 9.86. The molecule has 4 heteroatoms. The van der Waals surface area contributed by atoms with E-state index in [4.69, 9.17) is 9.78 Å². The highest BCUT2D eigenvalue weighted by molar-refractivity contribution is 5.96. The summed E-state index contributed by atoms with van der Waals surface area (Å²) in [4.78, 5) is 16.7. The van der Waals surface area contributed by atoms with Gasteiger partial charge in [0.2, 0.25) is 0 Å². The lowest BCUT2D eigenvalue weighted by Gasteiger charge is -2.06. The van der Waals surface area contributed by atoms with Crippen molar-refractivity contribution in [2.24, 2.45) is 0 Å². The molecule has 0 saturated carbocycles. The summed E-state index contributed by atoms with van der Waals surface area (Å²) in [5, 5.41) is 2.00. The molecule has 36 heavy (non-hydrogen) atoms. The third-order valence-corrected chi connectivity index (χ3v) is 5.68. The van der Waals surface area contributed by atoms with E-state index in [9.17, 15) is 4.39 Å². The van der Waals surface area contributed by atoms with Gasteiger partial charge >= 0.3 is 0 Å². The second-order valence-corrected chi connectivity index (χ2v) is 7.99. The van der Waals surface area contributed by atoms with Crippen molar-refractivity contribution in [1.29, 1.82) is 0 Å². The third-order valence-electron chi connectivity index (χ3n) is 5.68. The molecule has 0 unspecified atom stereocenters. The van der Waals surface area contributed by atoms with Gasteiger partial charge in [-0.2, -0.15) is 0 Å². The minimum atomic E-state index is -0.235. The number of rotatable bonds is 3. The topological polar surface area (TPSA) is 45.8 Å². The van der Waals surface area contributed by atoms with Gasteiger partial charge in [0.25, 0.3) is 0 Å². The molecule has 0 fully saturated rings. The van der Waals surface area contributed by atoms with Crippen LogP contribution in [0.4, 0.5) is 4.39 Å². The minimum absolute atomic E-state index is 0.235. The maximum Gasteiger partial charge on any atom is 0.123 e. The molecular formula is C32H37FN2O. The molecule has 5 rings (SSSR count). The maximum absolute atomic E-state index is 13.5. The fourth-order valence-corrected chi connectivity index (χ4v) is 3.80. The lowest BCUT2D eigenvalue weighted by molar-refractivity contribution is -0.106. The van der Waals surface area contributed by atoms with E-state index in [1.807, 2.05) is 38.2 Å². The summed E-state index contributed by atoms with van der Waals surface area (Å²) in [5.74, 6) is -0.235. The van der Waals surface area contributed by atoms with Gasteiger partial charge in [0, 0.05) is 28.0 Å². The van der Waals surface area contributed by atoms with Crippen molar-refractivity contribution in [2.45, 2.75) is 54.4 Å². The predicted molar refractivity (Wildman–Crippen MR) is 152 cm³/mol. The average molecular weight is 485 g/mol. The quantitative estimate of drug-likeness (QED) is 0.260. The first-order valence-electron chi connectivity index (χ1n) is 12.6. The lowest BCUT2D eigenvalue weighted by atomic mass is 10.0. The number of aryl methyl sites for hydroxylation is 3. The Kier molecular flexibility index (Phi) is 11.5. The number of fused-ring (bicyclic) bond motifs is 2. The standard InChI is InChI=1S/C18H13FN2.C10H14.C2H4O.C2H6/c1-11-8-18(21-17-5-3-2-4-13(11)17)15-10-20-16-7-6-12(19)9-14(15)16;1-3-9-5-7-10(4-2)8-6-9;1-2-3;1-2/h2-10,20H,1H3;5-8H,3-4H2,1-2H3;2H,1H3;1-2H3. The zero-order chi connectivity index (χ0) is 26.5. The van der Waals surface area contributed by atoms with Crippen LogP contribution in [-0.4, -0.2) is 16.3 Å². The summed E-state index contributed by atoms with van der Waals surface area (Å²) in [5.41, 5.74) is 7.69. The molecule has 0 aliphatic rings. The van der Waals surface area contributed by atoms with Crippen molar-refractivity contribution in [2.75, 3.05) is 0 Å². The fourth-order valence-electron chi connectivity index (χ4n) is 3.80. The Hall–Kier alpha value is -3.79. The Balaban J connectivity index is 0.000000256. The molecule has 2 aromatic heterocycles. The van der Waals surface area contributed by atoms with Crippen molar-refractivity contribution in [1.82, 2.24) is 9.97 Å². The first-order chi connectivity index (χ1) is 17.5. The molecule has 0 aliphatic carbocycles. The van der Waals surface area contributed by atoms with Gasteiger partial charge in [-0.15, -0.1) is 0 Å². The Labute approximate surface area is 214 Å². The number of aldehydes is 1. The Morgan fingerprint density at radius 3 is 2.03 bits per heavy atom. The highest BCUT2D eigenvalue weighted by Crippen LogP contribution is 2.30. The monoisotopic (exact) mass is 484 g/mol. The van der Waals surface area contributed by atoms with Crippen LogP contribution >= 0.6 is 0 Å². The number of aromatic amines is 1. The first kappa shape index (κ1) is 28.4. The van der Waals surface area contributed by atoms with Crippen molar-refractivity contribution < 1.29 is 9.18 Å². The van der Waals surface area contributed by atoms with Gasteiger partial charge in [-0.3, -0.25) is 0 Å². The van der Waals surface area contributed by atoms with Crippen LogP contribution in [0, 0.1) is 12.7 Å². The van der Waals surface area contributed by atoms with E-state index in [-0.39, 0.29) is 5.82 Å². The SMILES string of the molecule is CC.CC=O.CCc1ccc(CC)cc1.Cc1cc(-c2c[nH]c3ccc(F)cc23)nc2ccccc12. The highest BCUT2D eigenvalue weighted by atomic mass is 19.1. The van der Waals surface area contributed by atoms with Gasteiger partial charge in [0.15, 0.2) is 0 Å². The van der Waals surface area contributed by atoms with E-state index >= 15 is 0 Å². The van der Waals surface area contributed by atoms with E-state index in [0.29, 0.717) is 0 Å². The number of benzene rings is 3. The summed E-state index contributed by atoms with van der Waals surface area (Å²) < 4.78 is 13.5. The number of hydrogen-bond donors (Lipinski definition) is 1. The molecule has 0 saturated heterocycles. The number of H-pyrrole nitrogens is 1. The van der Waals surface area contributed by atoms with Crippen LogP contribution in [0.2, 0.25) is 0 Å². The van der Waals surface area contributed by atoms with Gasteiger partial charge < -0.3 is 9.78 Å². The molecule has 3 aromatic carbocycles. The van der Waals surface area contributed by atoms with E-state index in [1.165, 1.54) is 29.7 Å². The number of nitrogens with zero attached hydrogens (tertiary/aromatic N) is 1. The van der Waals surface area contributed by atoms with Crippen molar-refractivity contribution in [3.63, 3.8) is 0 Å². The molecule has 188 valence electrons. The van der Waals surface area contributed by atoms with Crippen molar-refractivity contribution in [3.05, 3.63) is 102 Å². The maximum atomic E-state index is 13.5. The van der Waals surface area contributed by atoms with E-state index in [0.717, 1.165) is 52.2 Å². The van der Waals surface area contributed by atoms with Crippen LogP contribution in [-0.2, 0) is 17.6 Å². The molecule has 1 N–H and O–H groups in total. The third kappa shape index (κ3) is 7.35. The minimum Gasteiger partial charge on any atom is -0.360 e. The Bertz CT molecular complexity index is 1350. The number of hydrogen-bond acceptors (Lipinski definition) is 2. The van der Waals surface area contributed by atoms with Crippen molar-refractivity contribution >= 4 is 28.1 Å². The number of carbonyl (C=O) groups excluding carboxylic acids is 1. The molecule has 3 nitrogen and oxygen atoms in total. The van der Waals surface area contributed by atoms with Crippen LogP contribution in [0.15, 0.2) is 79.0 Å². The number of halogens is 1. The molecule has 0 aliphatic heterocycles. The second-order valence-electron chi connectivity index (χ2n) is 7.99. The smallest absolute Gasteiger partial charge is 0.123 e. The van der Waals surface area contributed by atoms with Gasteiger partial charge in [-0.25, -0.2) is 9.37 Å². The molecule has 0 amide bonds. The molecular weight excluding hydrogens is 447 g/mol. The molecule has 2 heterocycles. The lowest BCUT2D eigenvalue weighted by Crippen LogP contribution is -1.88. The van der Waals surface area contributed by atoms with Gasteiger partial charge in [-0.1, -0.05) is 70.2 Å². The van der Waals surface area contributed by atoms with Crippen LogP contribution in [0.25, 0.3) is 33.1 Å². The summed E-state index contributed by atoms with van der Waals surface area (Å²) >= 11 is 0. The summed E-state index contributed by atoms with van der Waals surface area (Å²) in [7, 11) is 0. The van der Waals surface area contributed by atoms with Gasteiger partial charge in [0.05, 0.1) is 11.2 Å². The molecule has 0 radical (unpaired) electrons. The van der Waals surface area contributed by atoms with Crippen LogP contribution in [0.3, 0.4) is 0 Å². The van der Waals surface area contributed by atoms with Crippen LogP contribution in [0.5, 0.6) is 0 Å². The molecule has 0 spiro atoms. The summed E-state index contributed by atoms with van der Waals surface area (Å²) in [6.45, 7) is 11.9. The molecule has 0 atom stereocenters. The predicted octanol–water partition coefficient (Wildman–Crippen LogP) is 8.87. The van der Waals surface area contributed by atoms with Gasteiger partial charge in [-0.05, 0) is 73.7 Å². The molecule has 5 aromatic rings. The number of para-hydroxylation sites is 1.